The second-order valence-electron chi connectivity index (χ2n) is 4.79. The molecule has 3 heteroatoms. The molecule has 0 amide bonds. The molecule has 0 spiro atoms. The largest absolute Gasteiger partial charge is 0.481 e. The van der Waals surface area contributed by atoms with E-state index in [0.29, 0.717) is 0 Å². The molecule has 0 bridgehead atoms. The number of hydrogen-bond donors (Lipinski definition) is 1. The van der Waals surface area contributed by atoms with Gasteiger partial charge in [-0.25, -0.2) is 0 Å². The van der Waals surface area contributed by atoms with Crippen LogP contribution in [0.25, 0.3) is 5.57 Å². The zero-order chi connectivity index (χ0) is 13.0. The van der Waals surface area contributed by atoms with Crippen molar-refractivity contribution in [3.05, 3.63) is 42.0 Å². The standard InChI is InChI=1S/C15H19NO2/c1-12(11-15(17)18)16-9-7-14(8-10-16)13-5-3-2-4-6-13/h2-7,12H,8-11H2,1H3,(H,17,18). The van der Waals surface area contributed by atoms with E-state index < -0.39 is 5.97 Å². The van der Waals surface area contributed by atoms with Crippen molar-refractivity contribution in [3.8, 4) is 0 Å². The van der Waals surface area contributed by atoms with Crippen LogP contribution in [-0.2, 0) is 4.79 Å². The summed E-state index contributed by atoms with van der Waals surface area (Å²) in [4.78, 5) is 12.9. The van der Waals surface area contributed by atoms with E-state index in [-0.39, 0.29) is 12.5 Å². The van der Waals surface area contributed by atoms with Crippen LogP contribution in [0.2, 0.25) is 0 Å². The molecule has 0 saturated heterocycles. The molecule has 0 saturated carbocycles. The molecule has 96 valence electrons. The lowest BCUT2D eigenvalue weighted by Crippen LogP contribution is -2.37. The summed E-state index contributed by atoms with van der Waals surface area (Å²) in [5.74, 6) is -0.722. The predicted molar refractivity (Wildman–Crippen MR) is 72.3 cm³/mol. The van der Waals surface area contributed by atoms with E-state index in [1.165, 1.54) is 11.1 Å². The van der Waals surface area contributed by atoms with Crippen molar-refractivity contribution in [2.45, 2.75) is 25.8 Å². The molecule has 0 radical (unpaired) electrons. The molecule has 1 atom stereocenters. The Morgan fingerprint density at radius 2 is 2.11 bits per heavy atom. The third-order valence-electron chi connectivity index (χ3n) is 3.48. The summed E-state index contributed by atoms with van der Waals surface area (Å²) >= 11 is 0. The highest BCUT2D eigenvalue weighted by molar-refractivity contribution is 5.68. The number of rotatable bonds is 4. The van der Waals surface area contributed by atoms with E-state index in [2.05, 4.69) is 35.2 Å². The van der Waals surface area contributed by atoms with Crippen LogP contribution in [0, 0.1) is 0 Å². The van der Waals surface area contributed by atoms with Crippen molar-refractivity contribution >= 4 is 11.5 Å². The van der Waals surface area contributed by atoms with Crippen molar-refractivity contribution in [2.75, 3.05) is 13.1 Å². The van der Waals surface area contributed by atoms with E-state index in [1.54, 1.807) is 0 Å². The van der Waals surface area contributed by atoms with Gasteiger partial charge in [-0.3, -0.25) is 9.69 Å². The Morgan fingerprint density at radius 3 is 2.67 bits per heavy atom. The van der Waals surface area contributed by atoms with Gasteiger partial charge in [0.05, 0.1) is 6.42 Å². The monoisotopic (exact) mass is 245 g/mol. The third kappa shape index (κ3) is 3.20. The summed E-state index contributed by atoms with van der Waals surface area (Å²) in [5, 5.41) is 8.80. The quantitative estimate of drug-likeness (QED) is 0.886. The van der Waals surface area contributed by atoms with Crippen molar-refractivity contribution in [2.24, 2.45) is 0 Å². The van der Waals surface area contributed by atoms with Crippen LogP contribution in [0.1, 0.15) is 25.3 Å². The maximum atomic E-state index is 10.7. The normalized spacial score (nSPS) is 18.2. The van der Waals surface area contributed by atoms with E-state index in [0.717, 1.165) is 19.5 Å². The van der Waals surface area contributed by atoms with Gasteiger partial charge in [0.2, 0.25) is 0 Å². The van der Waals surface area contributed by atoms with Gasteiger partial charge in [-0.1, -0.05) is 36.4 Å². The first-order valence-electron chi connectivity index (χ1n) is 6.37. The maximum Gasteiger partial charge on any atom is 0.304 e. The Morgan fingerprint density at radius 1 is 1.39 bits per heavy atom. The summed E-state index contributed by atoms with van der Waals surface area (Å²) in [6, 6.07) is 10.5. The van der Waals surface area contributed by atoms with Crippen LogP contribution < -0.4 is 0 Å². The van der Waals surface area contributed by atoms with Gasteiger partial charge in [0.15, 0.2) is 0 Å². The second-order valence-corrected chi connectivity index (χ2v) is 4.79. The number of nitrogens with zero attached hydrogens (tertiary/aromatic N) is 1. The molecule has 18 heavy (non-hydrogen) atoms. The maximum absolute atomic E-state index is 10.7. The predicted octanol–water partition coefficient (Wildman–Crippen LogP) is 2.64. The molecular formula is C15H19NO2. The zero-order valence-corrected chi connectivity index (χ0v) is 10.7. The first-order chi connectivity index (χ1) is 8.66. The molecule has 1 aliphatic rings. The lowest BCUT2D eigenvalue weighted by Gasteiger charge is -2.31. The van der Waals surface area contributed by atoms with Gasteiger partial charge >= 0.3 is 5.97 Å². The van der Waals surface area contributed by atoms with Crippen LogP contribution in [0.4, 0.5) is 0 Å². The van der Waals surface area contributed by atoms with Crippen molar-refractivity contribution < 1.29 is 9.90 Å². The Bertz CT molecular complexity index is 439. The lowest BCUT2D eigenvalue weighted by molar-refractivity contribution is -0.138. The average molecular weight is 245 g/mol. The fourth-order valence-electron chi connectivity index (χ4n) is 2.38. The van der Waals surface area contributed by atoms with Gasteiger partial charge in [0.25, 0.3) is 0 Å². The minimum atomic E-state index is -0.722. The topological polar surface area (TPSA) is 40.5 Å². The van der Waals surface area contributed by atoms with Crippen molar-refractivity contribution in [1.29, 1.82) is 0 Å². The fraction of sp³-hybridized carbons (Fsp3) is 0.400. The molecule has 3 nitrogen and oxygen atoms in total. The number of carbonyl (C=O) groups is 1. The summed E-state index contributed by atoms with van der Waals surface area (Å²) in [6.45, 7) is 3.77. The molecule has 1 aromatic carbocycles. The average Bonchev–Trinajstić information content (AvgIpc) is 2.39. The Balaban J connectivity index is 1.98. The molecule has 1 unspecified atom stereocenters. The van der Waals surface area contributed by atoms with E-state index in [4.69, 9.17) is 5.11 Å². The van der Waals surface area contributed by atoms with Crippen LogP contribution in [0.15, 0.2) is 36.4 Å². The summed E-state index contributed by atoms with van der Waals surface area (Å²) in [7, 11) is 0. The number of aliphatic carboxylic acids is 1. The third-order valence-corrected chi connectivity index (χ3v) is 3.48. The Labute approximate surface area is 108 Å². The van der Waals surface area contributed by atoms with Crippen LogP contribution in [0.3, 0.4) is 0 Å². The molecule has 1 aromatic rings. The minimum Gasteiger partial charge on any atom is -0.481 e. The smallest absolute Gasteiger partial charge is 0.304 e. The van der Waals surface area contributed by atoms with Gasteiger partial charge < -0.3 is 5.11 Å². The molecule has 1 aliphatic heterocycles. The lowest BCUT2D eigenvalue weighted by atomic mass is 9.98. The van der Waals surface area contributed by atoms with Crippen molar-refractivity contribution in [3.63, 3.8) is 0 Å². The molecule has 1 N–H and O–H groups in total. The van der Waals surface area contributed by atoms with E-state index in [1.807, 2.05) is 13.0 Å². The zero-order valence-electron chi connectivity index (χ0n) is 10.7. The first-order valence-corrected chi connectivity index (χ1v) is 6.37. The molecule has 0 fully saturated rings. The number of hydrogen-bond acceptors (Lipinski definition) is 2. The highest BCUT2D eigenvalue weighted by Crippen LogP contribution is 2.23. The Hall–Kier alpha value is -1.61. The fourth-order valence-corrected chi connectivity index (χ4v) is 2.38. The van der Waals surface area contributed by atoms with Gasteiger partial charge in [-0.2, -0.15) is 0 Å². The number of benzene rings is 1. The van der Waals surface area contributed by atoms with Gasteiger partial charge in [-0.15, -0.1) is 0 Å². The summed E-state index contributed by atoms with van der Waals surface area (Å²) in [5.41, 5.74) is 2.65. The first kappa shape index (κ1) is 12.8. The summed E-state index contributed by atoms with van der Waals surface area (Å²) in [6.07, 6.45) is 3.43. The van der Waals surface area contributed by atoms with Gasteiger partial charge in [0, 0.05) is 19.1 Å². The second kappa shape index (κ2) is 5.83. The minimum absolute atomic E-state index is 0.107. The van der Waals surface area contributed by atoms with E-state index >= 15 is 0 Å². The molecular weight excluding hydrogens is 226 g/mol. The highest BCUT2D eigenvalue weighted by atomic mass is 16.4. The molecule has 0 aliphatic carbocycles. The van der Waals surface area contributed by atoms with Gasteiger partial charge in [-0.05, 0) is 24.5 Å². The van der Waals surface area contributed by atoms with Crippen LogP contribution >= 0.6 is 0 Å². The number of carboxylic acid groups (broad SMARTS) is 1. The molecule has 2 rings (SSSR count). The SMILES string of the molecule is CC(CC(=O)O)N1CC=C(c2ccccc2)CC1. The van der Waals surface area contributed by atoms with Crippen molar-refractivity contribution in [1.82, 2.24) is 4.90 Å². The summed E-state index contributed by atoms with van der Waals surface area (Å²) < 4.78 is 0. The van der Waals surface area contributed by atoms with Crippen LogP contribution in [0.5, 0.6) is 0 Å². The molecule has 0 aromatic heterocycles. The van der Waals surface area contributed by atoms with Crippen LogP contribution in [-0.4, -0.2) is 35.1 Å². The Kier molecular flexibility index (Phi) is 4.15. The van der Waals surface area contributed by atoms with Gasteiger partial charge in [0.1, 0.15) is 0 Å². The van der Waals surface area contributed by atoms with E-state index in [9.17, 15) is 4.79 Å². The molecule has 1 heterocycles. The number of carboxylic acids is 1. The highest BCUT2D eigenvalue weighted by Gasteiger charge is 2.19.